The Bertz CT molecular complexity index is 442. The standard InChI is InChI=1S/C14H19FN2O/c1-11-9-12(5-6-13(11)15)18-8-4-7-14(2,10-16)17-3/h5-6,9,17H,4,7-8H2,1-3H3. The Kier molecular flexibility index (Phi) is 5.11. The van der Waals surface area contributed by atoms with Gasteiger partial charge in [0.1, 0.15) is 17.1 Å². The number of aryl methyl sites for hydroxylation is 1. The molecule has 18 heavy (non-hydrogen) atoms. The van der Waals surface area contributed by atoms with Gasteiger partial charge in [-0.05, 0) is 57.5 Å². The van der Waals surface area contributed by atoms with Crippen LogP contribution in [0.15, 0.2) is 18.2 Å². The number of halogens is 1. The highest BCUT2D eigenvalue weighted by Crippen LogP contribution is 2.17. The SMILES string of the molecule is CNC(C)(C#N)CCCOc1ccc(F)c(C)c1. The Morgan fingerprint density at radius 1 is 1.50 bits per heavy atom. The molecule has 4 heteroatoms. The minimum absolute atomic E-state index is 0.227. The van der Waals surface area contributed by atoms with Gasteiger partial charge in [-0.25, -0.2) is 4.39 Å². The first-order chi connectivity index (χ1) is 8.50. The molecular weight excluding hydrogens is 231 g/mol. The first-order valence-electron chi connectivity index (χ1n) is 6.00. The van der Waals surface area contributed by atoms with Crippen LogP contribution in [0, 0.1) is 24.1 Å². The van der Waals surface area contributed by atoms with Crippen molar-refractivity contribution < 1.29 is 9.13 Å². The minimum Gasteiger partial charge on any atom is -0.494 e. The van der Waals surface area contributed by atoms with Crippen molar-refractivity contribution in [2.75, 3.05) is 13.7 Å². The van der Waals surface area contributed by atoms with Crippen LogP contribution in [0.5, 0.6) is 5.75 Å². The van der Waals surface area contributed by atoms with Gasteiger partial charge < -0.3 is 10.1 Å². The van der Waals surface area contributed by atoms with Gasteiger partial charge in [-0.15, -0.1) is 0 Å². The zero-order chi connectivity index (χ0) is 13.6. The van der Waals surface area contributed by atoms with Gasteiger partial charge in [0.15, 0.2) is 0 Å². The van der Waals surface area contributed by atoms with E-state index in [9.17, 15) is 4.39 Å². The van der Waals surface area contributed by atoms with E-state index in [1.807, 2.05) is 6.92 Å². The van der Waals surface area contributed by atoms with Crippen molar-refractivity contribution in [1.82, 2.24) is 5.32 Å². The predicted octanol–water partition coefficient (Wildman–Crippen LogP) is 2.79. The lowest BCUT2D eigenvalue weighted by Crippen LogP contribution is -2.38. The van der Waals surface area contributed by atoms with Gasteiger partial charge >= 0.3 is 0 Å². The third kappa shape index (κ3) is 4.01. The van der Waals surface area contributed by atoms with Gasteiger partial charge in [0.05, 0.1) is 12.7 Å². The molecule has 98 valence electrons. The van der Waals surface area contributed by atoms with Crippen molar-refractivity contribution in [3.05, 3.63) is 29.6 Å². The van der Waals surface area contributed by atoms with E-state index in [1.54, 1.807) is 26.1 Å². The normalized spacial score (nSPS) is 13.7. The summed E-state index contributed by atoms with van der Waals surface area (Å²) in [5.41, 5.74) is 0.0619. The zero-order valence-electron chi connectivity index (χ0n) is 11.1. The molecule has 0 bridgehead atoms. The average Bonchev–Trinajstić information content (AvgIpc) is 2.38. The molecule has 0 saturated carbocycles. The maximum absolute atomic E-state index is 13.0. The largest absolute Gasteiger partial charge is 0.494 e. The first-order valence-corrected chi connectivity index (χ1v) is 6.00. The molecule has 0 heterocycles. The van der Waals surface area contributed by atoms with Crippen LogP contribution in [0.1, 0.15) is 25.3 Å². The van der Waals surface area contributed by atoms with Gasteiger partial charge in [-0.1, -0.05) is 0 Å². The highest BCUT2D eigenvalue weighted by atomic mass is 19.1. The molecule has 1 unspecified atom stereocenters. The fourth-order valence-corrected chi connectivity index (χ4v) is 1.56. The summed E-state index contributed by atoms with van der Waals surface area (Å²) >= 11 is 0. The lowest BCUT2D eigenvalue weighted by Gasteiger charge is -2.20. The predicted molar refractivity (Wildman–Crippen MR) is 68.9 cm³/mol. The summed E-state index contributed by atoms with van der Waals surface area (Å²) in [5, 5.41) is 12.0. The van der Waals surface area contributed by atoms with E-state index in [2.05, 4.69) is 11.4 Å². The van der Waals surface area contributed by atoms with E-state index in [0.29, 0.717) is 24.3 Å². The summed E-state index contributed by atoms with van der Waals surface area (Å²) in [6, 6.07) is 6.92. The maximum Gasteiger partial charge on any atom is 0.126 e. The Hall–Kier alpha value is -1.60. The monoisotopic (exact) mass is 250 g/mol. The molecule has 1 atom stereocenters. The smallest absolute Gasteiger partial charge is 0.126 e. The van der Waals surface area contributed by atoms with Crippen LogP contribution in [0.25, 0.3) is 0 Å². The van der Waals surface area contributed by atoms with Crippen LogP contribution in [0.4, 0.5) is 4.39 Å². The Labute approximate surface area is 108 Å². The molecule has 0 saturated heterocycles. The zero-order valence-corrected chi connectivity index (χ0v) is 11.1. The van der Waals surface area contributed by atoms with E-state index >= 15 is 0 Å². The van der Waals surface area contributed by atoms with E-state index in [-0.39, 0.29) is 5.82 Å². The second-order valence-electron chi connectivity index (χ2n) is 4.56. The minimum atomic E-state index is -0.512. The summed E-state index contributed by atoms with van der Waals surface area (Å²) in [5.74, 6) is 0.437. The second kappa shape index (κ2) is 6.36. The van der Waals surface area contributed by atoms with Crippen molar-refractivity contribution in [2.45, 2.75) is 32.2 Å². The van der Waals surface area contributed by atoms with Gasteiger partial charge in [0, 0.05) is 0 Å². The van der Waals surface area contributed by atoms with Crippen LogP contribution in [-0.2, 0) is 0 Å². The van der Waals surface area contributed by atoms with Crippen molar-refractivity contribution in [3.63, 3.8) is 0 Å². The summed E-state index contributed by atoms with van der Waals surface area (Å²) < 4.78 is 18.6. The Morgan fingerprint density at radius 2 is 2.22 bits per heavy atom. The molecule has 0 radical (unpaired) electrons. The van der Waals surface area contributed by atoms with Gasteiger partial charge in [-0.3, -0.25) is 0 Å². The van der Waals surface area contributed by atoms with Crippen molar-refractivity contribution in [1.29, 1.82) is 5.26 Å². The maximum atomic E-state index is 13.0. The number of nitriles is 1. The fourth-order valence-electron chi connectivity index (χ4n) is 1.56. The Balaban J connectivity index is 2.39. The number of hydrogen-bond acceptors (Lipinski definition) is 3. The number of rotatable bonds is 6. The average molecular weight is 250 g/mol. The molecule has 3 nitrogen and oxygen atoms in total. The molecule has 1 aromatic rings. The topological polar surface area (TPSA) is 45.0 Å². The molecule has 0 amide bonds. The number of nitrogens with zero attached hydrogens (tertiary/aromatic N) is 1. The molecule has 0 aliphatic rings. The lowest BCUT2D eigenvalue weighted by molar-refractivity contribution is 0.288. The van der Waals surface area contributed by atoms with Crippen molar-refractivity contribution >= 4 is 0 Å². The number of ether oxygens (including phenoxy) is 1. The summed E-state index contributed by atoms with van der Waals surface area (Å²) in [6.45, 7) is 4.08. The highest BCUT2D eigenvalue weighted by molar-refractivity contribution is 5.28. The third-order valence-corrected chi connectivity index (χ3v) is 3.02. The molecule has 1 rings (SSSR count). The van der Waals surface area contributed by atoms with E-state index in [1.165, 1.54) is 6.07 Å². The summed E-state index contributed by atoms with van der Waals surface area (Å²) in [4.78, 5) is 0. The summed E-state index contributed by atoms with van der Waals surface area (Å²) in [6.07, 6.45) is 1.47. The summed E-state index contributed by atoms with van der Waals surface area (Å²) in [7, 11) is 1.77. The van der Waals surface area contributed by atoms with Gasteiger partial charge in [0.2, 0.25) is 0 Å². The first kappa shape index (κ1) is 14.5. The molecule has 0 aromatic heterocycles. The van der Waals surface area contributed by atoms with E-state index in [0.717, 1.165) is 6.42 Å². The molecule has 0 fully saturated rings. The van der Waals surface area contributed by atoms with Crippen LogP contribution >= 0.6 is 0 Å². The third-order valence-electron chi connectivity index (χ3n) is 3.02. The second-order valence-corrected chi connectivity index (χ2v) is 4.56. The molecule has 0 aliphatic carbocycles. The van der Waals surface area contributed by atoms with E-state index < -0.39 is 5.54 Å². The molecular formula is C14H19FN2O. The number of benzene rings is 1. The van der Waals surface area contributed by atoms with Crippen LogP contribution in [-0.4, -0.2) is 19.2 Å². The molecule has 0 spiro atoms. The molecule has 1 N–H and O–H groups in total. The fraction of sp³-hybridized carbons (Fsp3) is 0.500. The van der Waals surface area contributed by atoms with Crippen LogP contribution < -0.4 is 10.1 Å². The number of hydrogen-bond donors (Lipinski definition) is 1. The van der Waals surface area contributed by atoms with Gasteiger partial charge in [-0.2, -0.15) is 5.26 Å². The lowest BCUT2D eigenvalue weighted by atomic mass is 9.98. The van der Waals surface area contributed by atoms with Crippen molar-refractivity contribution in [3.8, 4) is 11.8 Å². The quantitative estimate of drug-likeness (QED) is 0.790. The molecule has 0 aliphatic heterocycles. The van der Waals surface area contributed by atoms with Crippen LogP contribution in [0.2, 0.25) is 0 Å². The van der Waals surface area contributed by atoms with Crippen LogP contribution in [0.3, 0.4) is 0 Å². The number of nitrogens with one attached hydrogen (secondary N) is 1. The highest BCUT2D eigenvalue weighted by Gasteiger charge is 2.20. The van der Waals surface area contributed by atoms with E-state index in [4.69, 9.17) is 10.00 Å². The Morgan fingerprint density at radius 3 is 2.78 bits per heavy atom. The van der Waals surface area contributed by atoms with Crippen molar-refractivity contribution in [2.24, 2.45) is 0 Å². The van der Waals surface area contributed by atoms with Gasteiger partial charge in [0.25, 0.3) is 0 Å². The molecule has 1 aromatic carbocycles.